The highest BCUT2D eigenvalue weighted by Crippen LogP contribution is 2.31. The molecule has 1 heterocycles. The van der Waals surface area contributed by atoms with Crippen LogP contribution in [0.4, 0.5) is 0 Å². The molecule has 3 nitrogen and oxygen atoms in total. The van der Waals surface area contributed by atoms with Crippen LogP contribution in [-0.2, 0) is 13.0 Å². The molecule has 2 aromatic rings. The van der Waals surface area contributed by atoms with Crippen LogP contribution in [0, 0.1) is 11.8 Å². The summed E-state index contributed by atoms with van der Waals surface area (Å²) in [5, 5.41) is 0. The van der Waals surface area contributed by atoms with Crippen molar-refractivity contribution in [1.29, 1.82) is 0 Å². The number of nitrogens with two attached hydrogens (primary N) is 1. The maximum Gasteiger partial charge on any atom is 0.110 e. The Kier molecular flexibility index (Phi) is 4.29. The van der Waals surface area contributed by atoms with Crippen LogP contribution in [0.5, 0.6) is 0 Å². The largest absolute Gasteiger partial charge is 0.328 e. The summed E-state index contributed by atoms with van der Waals surface area (Å²) in [6.07, 6.45) is 5.86. The average molecular weight is 285 g/mol. The highest BCUT2D eigenvalue weighted by atomic mass is 15.1. The van der Waals surface area contributed by atoms with Crippen LogP contribution < -0.4 is 5.73 Å². The molecule has 3 unspecified atom stereocenters. The third-order valence-corrected chi connectivity index (χ3v) is 4.93. The van der Waals surface area contributed by atoms with E-state index in [1.165, 1.54) is 30.6 Å². The number of fused-ring (bicyclic) bond motifs is 1. The van der Waals surface area contributed by atoms with Crippen molar-refractivity contribution in [2.24, 2.45) is 17.6 Å². The van der Waals surface area contributed by atoms with Crippen LogP contribution in [0.2, 0.25) is 0 Å². The maximum atomic E-state index is 6.37. The highest BCUT2D eigenvalue weighted by Gasteiger charge is 2.27. The first-order valence-electron chi connectivity index (χ1n) is 8.38. The molecule has 3 rings (SSSR count). The summed E-state index contributed by atoms with van der Waals surface area (Å²) in [5.74, 6) is 2.62. The fraction of sp³-hybridized carbons (Fsp3) is 0.611. The summed E-state index contributed by atoms with van der Waals surface area (Å²) >= 11 is 0. The van der Waals surface area contributed by atoms with Gasteiger partial charge in [-0.15, -0.1) is 0 Å². The monoisotopic (exact) mass is 285 g/mol. The second-order valence-corrected chi connectivity index (χ2v) is 6.71. The molecular weight excluding hydrogens is 258 g/mol. The lowest BCUT2D eigenvalue weighted by Crippen LogP contribution is -2.37. The van der Waals surface area contributed by atoms with Gasteiger partial charge < -0.3 is 10.3 Å². The van der Waals surface area contributed by atoms with E-state index in [4.69, 9.17) is 10.7 Å². The number of para-hydroxylation sites is 2. The molecule has 1 fully saturated rings. The van der Waals surface area contributed by atoms with Gasteiger partial charge in [-0.25, -0.2) is 4.98 Å². The van der Waals surface area contributed by atoms with E-state index in [1.807, 2.05) is 0 Å². The topological polar surface area (TPSA) is 43.8 Å². The number of aromatic nitrogens is 2. The minimum absolute atomic E-state index is 0.344. The van der Waals surface area contributed by atoms with Gasteiger partial charge in [0, 0.05) is 19.0 Å². The lowest BCUT2D eigenvalue weighted by atomic mass is 9.77. The molecule has 3 atom stereocenters. The fourth-order valence-electron chi connectivity index (χ4n) is 3.75. The molecule has 114 valence electrons. The van der Waals surface area contributed by atoms with Crippen molar-refractivity contribution < 1.29 is 0 Å². The van der Waals surface area contributed by atoms with Gasteiger partial charge in [0.2, 0.25) is 0 Å². The van der Waals surface area contributed by atoms with Gasteiger partial charge in [0.25, 0.3) is 0 Å². The summed E-state index contributed by atoms with van der Waals surface area (Å²) in [5.41, 5.74) is 8.76. The minimum atomic E-state index is 0.344. The third-order valence-electron chi connectivity index (χ3n) is 4.93. The standard InChI is InChI=1S/C18H27N3/c1-3-10-21-17-7-5-4-6-16(17)20-18(21)12-14-11-13(2)8-9-15(14)19/h4-7,13-15H,3,8-12,19H2,1-2H3. The normalized spacial score (nSPS) is 26.3. The Labute approximate surface area is 127 Å². The summed E-state index contributed by atoms with van der Waals surface area (Å²) in [7, 11) is 0. The van der Waals surface area contributed by atoms with E-state index in [9.17, 15) is 0 Å². The molecule has 1 aromatic carbocycles. The first-order chi connectivity index (χ1) is 10.2. The summed E-state index contributed by atoms with van der Waals surface area (Å²) in [6, 6.07) is 8.83. The molecule has 0 aliphatic heterocycles. The van der Waals surface area contributed by atoms with Gasteiger partial charge in [0.1, 0.15) is 5.82 Å². The number of imidazole rings is 1. The van der Waals surface area contributed by atoms with Crippen molar-refractivity contribution in [3.63, 3.8) is 0 Å². The van der Waals surface area contributed by atoms with Crippen molar-refractivity contribution >= 4 is 11.0 Å². The molecule has 21 heavy (non-hydrogen) atoms. The van der Waals surface area contributed by atoms with Gasteiger partial charge in [-0.2, -0.15) is 0 Å². The van der Waals surface area contributed by atoms with E-state index in [-0.39, 0.29) is 0 Å². The van der Waals surface area contributed by atoms with Crippen LogP contribution in [0.15, 0.2) is 24.3 Å². The van der Waals surface area contributed by atoms with Gasteiger partial charge in [-0.05, 0) is 49.7 Å². The molecule has 1 saturated carbocycles. The van der Waals surface area contributed by atoms with Crippen LogP contribution in [0.1, 0.15) is 45.4 Å². The van der Waals surface area contributed by atoms with E-state index in [0.29, 0.717) is 12.0 Å². The van der Waals surface area contributed by atoms with E-state index < -0.39 is 0 Å². The molecule has 0 bridgehead atoms. The molecular formula is C18H27N3. The van der Waals surface area contributed by atoms with Crippen molar-refractivity contribution in [2.75, 3.05) is 0 Å². The number of benzene rings is 1. The lowest BCUT2D eigenvalue weighted by molar-refractivity contribution is 0.240. The number of hydrogen-bond acceptors (Lipinski definition) is 2. The molecule has 0 amide bonds. The predicted octanol–water partition coefficient (Wildman–Crippen LogP) is 3.75. The van der Waals surface area contributed by atoms with Crippen molar-refractivity contribution in [1.82, 2.24) is 9.55 Å². The smallest absolute Gasteiger partial charge is 0.110 e. The van der Waals surface area contributed by atoms with Gasteiger partial charge in [0.05, 0.1) is 11.0 Å². The Morgan fingerprint density at radius 3 is 2.90 bits per heavy atom. The first kappa shape index (κ1) is 14.6. The quantitative estimate of drug-likeness (QED) is 0.929. The second kappa shape index (κ2) is 6.18. The number of aryl methyl sites for hydroxylation is 1. The van der Waals surface area contributed by atoms with Gasteiger partial charge in [0.15, 0.2) is 0 Å². The Bertz CT molecular complexity index is 602. The fourth-order valence-corrected chi connectivity index (χ4v) is 3.75. The first-order valence-corrected chi connectivity index (χ1v) is 8.38. The van der Waals surface area contributed by atoms with Crippen LogP contribution >= 0.6 is 0 Å². The van der Waals surface area contributed by atoms with Crippen LogP contribution in [0.3, 0.4) is 0 Å². The average Bonchev–Trinajstić information content (AvgIpc) is 2.81. The highest BCUT2D eigenvalue weighted by molar-refractivity contribution is 5.75. The molecule has 1 aliphatic rings. The number of hydrogen-bond donors (Lipinski definition) is 1. The second-order valence-electron chi connectivity index (χ2n) is 6.71. The van der Waals surface area contributed by atoms with Gasteiger partial charge >= 0.3 is 0 Å². The zero-order valence-corrected chi connectivity index (χ0v) is 13.3. The van der Waals surface area contributed by atoms with Crippen LogP contribution in [-0.4, -0.2) is 15.6 Å². The maximum absolute atomic E-state index is 6.37. The van der Waals surface area contributed by atoms with E-state index in [2.05, 4.69) is 42.7 Å². The summed E-state index contributed by atoms with van der Waals surface area (Å²) in [4.78, 5) is 4.89. The molecule has 1 aliphatic carbocycles. The third kappa shape index (κ3) is 2.98. The van der Waals surface area contributed by atoms with Gasteiger partial charge in [-0.3, -0.25) is 0 Å². The summed E-state index contributed by atoms with van der Waals surface area (Å²) < 4.78 is 2.40. The van der Waals surface area contributed by atoms with Crippen molar-refractivity contribution in [3.05, 3.63) is 30.1 Å². The van der Waals surface area contributed by atoms with Crippen LogP contribution in [0.25, 0.3) is 11.0 Å². The van der Waals surface area contributed by atoms with Crippen molar-refractivity contribution in [3.8, 4) is 0 Å². The van der Waals surface area contributed by atoms with Crippen molar-refractivity contribution in [2.45, 2.75) is 58.5 Å². The van der Waals surface area contributed by atoms with E-state index in [0.717, 1.165) is 30.8 Å². The Morgan fingerprint density at radius 2 is 2.10 bits per heavy atom. The zero-order valence-electron chi connectivity index (χ0n) is 13.3. The SMILES string of the molecule is CCCn1c(CC2CC(C)CCC2N)nc2ccccc21. The molecule has 1 aromatic heterocycles. The molecule has 3 heteroatoms. The number of rotatable bonds is 4. The minimum Gasteiger partial charge on any atom is -0.328 e. The predicted molar refractivity (Wildman–Crippen MR) is 88.2 cm³/mol. The Balaban J connectivity index is 1.90. The van der Waals surface area contributed by atoms with E-state index in [1.54, 1.807) is 0 Å². The Hall–Kier alpha value is -1.35. The number of nitrogens with zero attached hydrogens (tertiary/aromatic N) is 2. The van der Waals surface area contributed by atoms with E-state index >= 15 is 0 Å². The Morgan fingerprint density at radius 1 is 1.29 bits per heavy atom. The molecule has 0 spiro atoms. The summed E-state index contributed by atoms with van der Waals surface area (Å²) in [6.45, 7) is 5.63. The molecule has 0 saturated heterocycles. The van der Waals surface area contributed by atoms with Gasteiger partial charge in [-0.1, -0.05) is 26.0 Å². The zero-order chi connectivity index (χ0) is 14.8. The molecule has 0 radical (unpaired) electrons. The molecule has 2 N–H and O–H groups in total. The lowest BCUT2D eigenvalue weighted by Gasteiger charge is -2.32.